The lowest BCUT2D eigenvalue weighted by Gasteiger charge is -2.24. The molecule has 0 radical (unpaired) electrons. The number of rotatable bonds is 15. The predicted molar refractivity (Wildman–Crippen MR) is 108 cm³/mol. The van der Waals surface area contributed by atoms with Gasteiger partial charge in [-0.3, -0.25) is 0 Å². The summed E-state index contributed by atoms with van der Waals surface area (Å²) < 4.78 is 50.5. The lowest BCUT2D eigenvalue weighted by Crippen LogP contribution is -2.23. The molecule has 0 aliphatic heterocycles. The van der Waals surface area contributed by atoms with E-state index in [2.05, 4.69) is 13.8 Å². The molecule has 8 heteroatoms. The Morgan fingerprint density at radius 3 is 1.65 bits per heavy atom. The molecule has 2 N–H and O–H groups in total. The number of sulfone groups is 1. The predicted octanol–water partition coefficient (Wildman–Crippen LogP) is 3.12. The first-order valence-corrected chi connectivity index (χ1v) is 13.2. The largest absolute Gasteiger partial charge is 0.381 e. The Bertz CT molecular complexity index is 595. The molecule has 0 fully saturated rings. The summed E-state index contributed by atoms with van der Waals surface area (Å²) >= 11 is 0. The molecule has 0 aromatic heterocycles. The van der Waals surface area contributed by atoms with Crippen LogP contribution in [0.15, 0.2) is 0 Å². The van der Waals surface area contributed by atoms with E-state index in [1.54, 1.807) is 0 Å². The first-order valence-electron chi connectivity index (χ1n) is 9.38. The van der Waals surface area contributed by atoms with Crippen LogP contribution in [-0.4, -0.2) is 47.8 Å². The standard InChI is InChI=1S/C18H39NO5S2/c1-17(2,12-15-26(19,22)23)10-6-8-13-24-14-9-7-11-18(3,4)16-25(5,20)21/h6-16H2,1-5H3,(H2,19,22,23). The minimum atomic E-state index is -3.38. The molecule has 0 heterocycles. The number of unbranched alkanes of at least 4 members (excludes halogenated alkanes) is 2. The summed E-state index contributed by atoms with van der Waals surface area (Å²) in [7, 11) is -6.32. The zero-order chi connectivity index (χ0) is 20.5. The van der Waals surface area contributed by atoms with Crippen molar-refractivity contribution in [3.63, 3.8) is 0 Å². The van der Waals surface area contributed by atoms with Crippen molar-refractivity contribution in [1.82, 2.24) is 0 Å². The SMILES string of the molecule is CC(C)(CCCCOCCCCC(C)(C)CS(C)(=O)=O)CCS(N)(=O)=O. The Balaban J connectivity index is 3.70. The summed E-state index contributed by atoms with van der Waals surface area (Å²) in [4.78, 5) is 0. The van der Waals surface area contributed by atoms with Gasteiger partial charge in [0.1, 0.15) is 9.84 Å². The molecule has 0 rings (SSSR count). The van der Waals surface area contributed by atoms with Gasteiger partial charge in [0.15, 0.2) is 0 Å². The molecular weight excluding hydrogens is 374 g/mol. The number of hydrogen-bond acceptors (Lipinski definition) is 5. The summed E-state index contributed by atoms with van der Waals surface area (Å²) in [5.74, 6) is 0.258. The first-order chi connectivity index (χ1) is 11.6. The maximum absolute atomic E-state index is 11.4. The quantitative estimate of drug-likeness (QED) is 0.415. The molecule has 0 unspecified atom stereocenters. The summed E-state index contributed by atoms with van der Waals surface area (Å²) in [5.41, 5.74) is -0.214. The van der Waals surface area contributed by atoms with Gasteiger partial charge in [-0.15, -0.1) is 0 Å². The van der Waals surface area contributed by atoms with E-state index in [0.29, 0.717) is 19.6 Å². The highest BCUT2D eigenvalue weighted by atomic mass is 32.2. The minimum absolute atomic E-state index is 0.0301. The summed E-state index contributed by atoms with van der Waals surface area (Å²) in [6.45, 7) is 9.52. The summed E-state index contributed by atoms with van der Waals surface area (Å²) in [5, 5.41) is 5.06. The number of ether oxygens (including phenoxy) is 1. The van der Waals surface area contributed by atoms with Gasteiger partial charge in [0.2, 0.25) is 10.0 Å². The third-order valence-electron chi connectivity index (χ3n) is 4.50. The normalized spacial score (nSPS) is 13.9. The molecule has 0 atom stereocenters. The molecule has 0 saturated carbocycles. The van der Waals surface area contributed by atoms with Crippen LogP contribution in [-0.2, 0) is 24.6 Å². The molecule has 0 spiro atoms. The fourth-order valence-corrected chi connectivity index (χ4v) is 5.44. The van der Waals surface area contributed by atoms with Crippen molar-refractivity contribution in [2.24, 2.45) is 16.0 Å². The molecule has 0 aromatic rings. The second-order valence-electron chi connectivity index (χ2n) is 9.04. The lowest BCUT2D eigenvalue weighted by atomic mass is 9.85. The van der Waals surface area contributed by atoms with Crippen molar-refractivity contribution < 1.29 is 21.6 Å². The average molecular weight is 414 g/mol. The van der Waals surface area contributed by atoms with Gasteiger partial charge in [-0.1, -0.05) is 40.5 Å². The molecule has 26 heavy (non-hydrogen) atoms. The Kier molecular flexibility index (Phi) is 10.9. The van der Waals surface area contributed by atoms with Gasteiger partial charge in [0, 0.05) is 19.5 Å². The van der Waals surface area contributed by atoms with E-state index in [9.17, 15) is 16.8 Å². The highest BCUT2D eigenvalue weighted by Gasteiger charge is 2.23. The van der Waals surface area contributed by atoms with Crippen molar-refractivity contribution in [3.8, 4) is 0 Å². The van der Waals surface area contributed by atoms with Crippen LogP contribution >= 0.6 is 0 Å². The zero-order valence-corrected chi connectivity index (χ0v) is 18.8. The molecule has 0 aromatic carbocycles. The van der Waals surface area contributed by atoms with E-state index in [-0.39, 0.29) is 22.3 Å². The molecule has 0 aliphatic rings. The van der Waals surface area contributed by atoms with E-state index in [0.717, 1.165) is 38.5 Å². The third kappa shape index (κ3) is 17.2. The second-order valence-corrected chi connectivity index (χ2v) is 12.9. The first kappa shape index (κ1) is 25.8. The Morgan fingerprint density at radius 2 is 1.23 bits per heavy atom. The van der Waals surface area contributed by atoms with Gasteiger partial charge >= 0.3 is 0 Å². The van der Waals surface area contributed by atoms with Crippen LogP contribution in [0.5, 0.6) is 0 Å². The van der Waals surface area contributed by atoms with Gasteiger partial charge in [0.05, 0.1) is 11.5 Å². The van der Waals surface area contributed by atoms with Crippen LogP contribution < -0.4 is 5.14 Å². The average Bonchev–Trinajstić information content (AvgIpc) is 2.40. The topological polar surface area (TPSA) is 104 Å². The van der Waals surface area contributed by atoms with E-state index >= 15 is 0 Å². The maximum atomic E-state index is 11.4. The van der Waals surface area contributed by atoms with Crippen molar-refractivity contribution in [3.05, 3.63) is 0 Å². The van der Waals surface area contributed by atoms with E-state index in [4.69, 9.17) is 9.88 Å². The van der Waals surface area contributed by atoms with Gasteiger partial charge < -0.3 is 4.74 Å². The molecule has 0 amide bonds. The zero-order valence-electron chi connectivity index (χ0n) is 17.2. The molecular formula is C18H39NO5S2. The highest BCUT2D eigenvalue weighted by molar-refractivity contribution is 7.90. The van der Waals surface area contributed by atoms with Crippen LogP contribution in [0, 0.1) is 10.8 Å². The van der Waals surface area contributed by atoms with Crippen molar-refractivity contribution >= 4 is 19.9 Å². The number of nitrogens with two attached hydrogens (primary N) is 1. The highest BCUT2D eigenvalue weighted by Crippen LogP contribution is 2.28. The van der Waals surface area contributed by atoms with E-state index in [1.165, 1.54) is 6.26 Å². The smallest absolute Gasteiger partial charge is 0.209 e. The molecule has 0 bridgehead atoms. The van der Waals surface area contributed by atoms with Crippen LogP contribution in [0.2, 0.25) is 0 Å². The minimum Gasteiger partial charge on any atom is -0.381 e. The van der Waals surface area contributed by atoms with Gasteiger partial charge in [-0.2, -0.15) is 0 Å². The van der Waals surface area contributed by atoms with Crippen LogP contribution in [0.4, 0.5) is 0 Å². The summed E-state index contributed by atoms with van der Waals surface area (Å²) in [6.07, 6.45) is 7.55. The fraction of sp³-hybridized carbons (Fsp3) is 1.00. The van der Waals surface area contributed by atoms with Gasteiger partial charge in [-0.05, 0) is 42.9 Å². The number of hydrogen-bond donors (Lipinski definition) is 1. The number of sulfonamides is 1. The van der Waals surface area contributed by atoms with Gasteiger partial charge in [0.25, 0.3) is 0 Å². The van der Waals surface area contributed by atoms with E-state index in [1.807, 2.05) is 13.8 Å². The molecule has 158 valence electrons. The van der Waals surface area contributed by atoms with Crippen LogP contribution in [0.1, 0.15) is 72.6 Å². The van der Waals surface area contributed by atoms with Crippen molar-refractivity contribution in [2.75, 3.05) is 31.0 Å². The fourth-order valence-electron chi connectivity index (χ4n) is 3.04. The monoisotopic (exact) mass is 413 g/mol. The van der Waals surface area contributed by atoms with Gasteiger partial charge in [-0.25, -0.2) is 22.0 Å². The summed E-state index contributed by atoms with van der Waals surface area (Å²) in [6, 6.07) is 0. The lowest BCUT2D eigenvalue weighted by molar-refractivity contribution is 0.121. The Hall–Kier alpha value is -0.180. The molecule has 6 nitrogen and oxygen atoms in total. The second kappa shape index (κ2) is 11.0. The Labute approximate surface area is 161 Å². The number of primary sulfonamides is 1. The van der Waals surface area contributed by atoms with Crippen molar-refractivity contribution in [1.29, 1.82) is 0 Å². The molecule has 0 saturated heterocycles. The van der Waals surface area contributed by atoms with Crippen LogP contribution in [0.3, 0.4) is 0 Å². The maximum Gasteiger partial charge on any atom is 0.209 e. The molecule has 0 aliphatic carbocycles. The van der Waals surface area contributed by atoms with Crippen molar-refractivity contribution in [2.45, 2.75) is 72.6 Å². The van der Waals surface area contributed by atoms with E-state index < -0.39 is 19.9 Å². The Morgan fingerprint density at radius 1 is 0.769 bits per heavy atom. The third-order valence-corrected chi connectivity index (χ3v) is 6.58. The van der Waals surface area contributed by atoms with Crippen LogP contribution in [0.25, 0.3) is 0 Å².